The standard InChI is InChI=1S/C13H13N5/c14-13(10-6-15-16-7-10)11-8-17-18(9-11)12-4-2-1-3-5-12/h1-9,13H,14H2,(H,15,16). The first-order valence-corrected chi connectivity index (χ1v) is 5.69. The molecule has 1 aromatic carbocycles. The van der Waals surface area contributed by atoms with Crippen LogP contribution in [0.3, 0.4) is 0 Å². The van der Waals surface area contributed by atoms with E-state index in [1.54, 1.807) is 18.6 Å². The number of aromatic nitrogens is 4. The summed E-state index contributed by atoms with van der Waals surface area (Å²) in [6, 6.07) is 9.73. The zero-order valence-corrected chi connectivity index (χ0v) is 9.69. The lowest BCUT2D eigenvalue weighted by molar-refractivity contribution is 0.862. The minimum absolute atomic E-state index is 0.207. The van der Waals surface area contributed by atoms with Crippen molar-refractivity contribution in [2.45, 2.75) is 6.04 Å². The third kappa shape index (κ3) is 1.91. The van der Waals surface area contributed by atoms with E-state index in [1.165, 1.54) is 0 Å². The largest absolute Gasteiger partial charge is 0.320 e. The second-order valence-corrected chi connectivity index (χ2v) is 4.06. The minimum atomic E-state index is -0.207. The summed E-state index contributed by atoms with van der Waals surface area (Å²) in [5.41, 5.74) is 9.06. The molecule has 0 spiro atoms. The van der Waals surface area contributed by atoms with Crippen LogP contribution >= 0.6 is 0 Å². The lowest BCUT2D eigenvalue weighted by Gasteiger charge is -2.05. The number of nitrogens with one attached hydrogen (secondary N) is 1. The second-order valence-electron chi connectivity index (χ2n) is 4.06. The minimum Gasteiger partial charge on any atom is -0.320 e. The average Bonchev–Trinajstić information content (AvgIpc) is 3.10. The maximum Gasteiger partial charge on any atom is 0.0645 e. The van der Waals surface area contributed by atoms with Crippen LogP contribution in [0.1, 0.15) is 17.2 Å². The lowest BCUT2D eigenvalue weighted by atomic mass is 10.1. The quantitative estimate of drug-likeness (QED) is 0.729. The van der Waals surface area contributed by atoms with Gasteiger partial charge < -0.3 is 5.73 Å². The van der Waals surface area contributed by atoms with E-state index in [0.29, 0.717) is 0 Å². The number of rotatable bonds is 3. The number of benzene rings is 1. The van der Waals surface area contributed by atoms with Gasteiger partial charge in [-0.3, -0.25) is 5.10 Å². The summed E-state index contributed by atoms with van der Waals surface area (Å²) in [5.74, 6) is 0. The molecule has 18 heavy (non-hydrogen) atoms. The van der Waals surface area contributed by atoms with Gasteiger partial charge in [0.05, 0.1) is 24.1 Å². The molecule has 0 bridgehead atoms. The average molecular weight is 239 g/mol. The van der Waals surface area contributed by atoms with Gasteiger partial charge in [-0.2, -0.15) is 10.2 Å². The fourth-order valence-electron chi connectivity index (χ4n) is 1.84. The number of aromatic amines is 1. The first kappa shape index (κ1) is 10.7. The molecular formula is C13H13N5. The van der Waals surface area contributed by atoms with Gasteiger partial charge in [0.25, 0.3) is 0 Å². The molecule has 3 rings (SSSR count). The van der Waals surface area contributed by atoms with Crippen molar-refractivity contribution in [3.05, 3.63) is 66.2 Å². The zero-order valence-electron chi connectivity index (χ0n) is 9.69. The SMILES string of the molecule is NC(c1cn[nH]c1)c1cnn(-c2ccccc2)c1. The van der Waals surface area contributed by atoms with Crippen LogP contribution in [0.5, 0.6) is 0 Å². The summed E-state index contributed by atoms with van der Waals surface area (Å²) in [4.78, 5) is 0. The summed E-state index contributed by atoms with van der Waals surface area (Å²) < 4.78 is 1.81. The molecular weight excluding hydrogens is 226 g/mol. The van der Waals surface area contributed by atoms with E-state index in [9.17, 15) is 0 Å². The van der Waals surface area contributed by atoms with Crippen LogP contribution in [-0.2, 0) is 0 Å². The Morgan fingerprint density at radius 3 is 2.67 bits per heavy atom. The van der Waals surface area contributed by atoms with Crippen LogP contribution in [0.15, 0.2) is 55.1 Å². The summed E-state index contributed by atoms with van der Waals surface area (Å²) >= 11 is 0. The van der Waals surface area contributed by atoms with Crippen molar-refractivity contribution in [1.29, 1.82) is 0 Å². The molecule has 1 unspecified atom stereocenters. The highest BCUT2D eigenvalue weighted by Gasteiger charge is 2.12. The summed E-state index contributed by atoms with van der Waals surface area (Å²) in [5, 5.41) is 11.0. The van der Waals surface area contributed by atoms with E-state index in [2.05, 4.69) is 15.3 Å². The van der Waals surface area contributed by atoms with E-state index in [1.807, 2.05) is 41.2 Å². The van der Waals surface area contributed by atoms with E-state index < -0.39 is 0 Å². The van der Waals surface area contributed by atoms with Gasteiger partial charge >= 0.3 is 0 Å². The molecule has 3 aromatic rings. The summed E-state index contributed by atoms with van der Waals surface area (Å²) in [7, 11) is 0. The van der Waals surface area contributed by atoms with Crippen LogP contribution in [0.2, 0.25) is 0 Å². The Bertz CT molecular complexity index is 612. The molecule has 0 radical (unpaired) electrons. The Kier molecular flexibility index (Phi) is 2.66. The van der Waals surface area contributed by atoms with Gasteiger partial charge in [-0.1, -0.05) is 18.2 Å². The number of nitrogens with two attached hydrogens (primary N) is 1. The van der Waals surface area contributed by atoms with E-state index >= 15 is 0 Å². The van der Waals surface area contributed by atoms with Gasteiger partial charge in [-0.25, -0.2) is 4.68 Å². The Morgan fingerprint density at radius 1 is 1.11 bits per heavy atom. The molecule has 0 amide bonds. The Labute approximate surface area is 104 Å². The van der Waals surface area contributed by atoms with Gasteiger partial charge in [0.15, 0.2) is 0 Å². The number of para-hydroxylation sites is 1. The van der Waals surface area contributed by atoms with Gasteiger partial charge in [-0.05, 0) is 12.1 Å². The molecule has 5 nitrogen and oxygen atoms in total. The normalized spacial score (nSPS) is 12.5. The molecule has 5 heteroatoms. The van der Waals surface area contributed by atoms with E-state index in [4.69, 9.17) is 5.73 Å². The molecule has 1 atom stereocenters. The van der Waals surface area contributed by atoms with Crippen molar-refractivity contribution >= 4 is 0 Å². The van der Waals surface area contributed by atoms with Crippen molar-refractivity contribution in [3.8, 4) is 5.69 Å². The number of nitrogens with zero attached hydrogens (tertiary/aromatic N) is 3. The fourth-order valence-corrected chi connectivity index (χ4v) is 1.84. The van der Waals surface area contributed by atoms with Crippen LogP contribution in [0, 0.1) is 0 Å². The van der Waals surface area contributed by atoms with Crippen LogP contribution in [0.25, 0.3) is 5.69 Å². The van der Waals surface area contributed by atoms with Gasteiger partial charge in [-0.15, -0.1) is 0 Å². The predicted octanol–water partition coefficient (Wildman–Crippen LogP) is 1.64. The lowest BCUT2D eigenvalue weighted by Crippen LogP contribution is -2.10. The molecule has 90 valence electrons. The molecule has 0 saturated carbocycles. The Morgan fingerprint density at radius 2 is 1.94 bits per heavy atom. The molecule has 0 aliphatic rings. The maximum atomic E-state index is 6.14. The maximum absolute atomic E-state index is 6.14. The summed E-state index contributed by atoms with van der Waals surface area (Å²) in [6.45, 7) is 0. The van der Waals surface area contributed by atoms with Crippen LogP contribution < -0.4 is 5.73 Å². The smallest absolute Gasteiger partial charge is 0.0645 e. The Balaban J connectivity index is 1.90. The number of H-pyrrole nitrogens is 1. The molecule has 0 saturated heterocycles. The summed E-state index contributed by atoms with van der Waals surface area (Å²) in [6.07, 6.45) is 7.24. The van der Waals surface area contributed by atoms with Gasteiger partial charge in [0.1, 0.15) is 0 Å². The van der Waals surface area contributed by atoms with Crippen molar-refractivity contribution in [3.63, 3.8) is 0 Å². The van der Waals surface area contributed by atoms with Crippen molar-refractivity contribution < 1.29 is 0 Å². The molecule has 0 aliphatic heterocycles. The highest BCUT2D eigenvalue weighted by Crippen LogP contribution is 2.18. The van der Waals surface area contributed by atoms with Crippen LogP contribution in [0.4, 0.5) is 0 Å². The predicted molar refractivity (Wildman–Crippen MR) is 68.2 cm³/mol. The third-order valence-electron chi connectivity index (χ3n) is 2.86. The second kappa shape index (κ2) is 4.46. The molecule has 2 heterocycles. The fraction of sp³-hybridized carbons (Fsp3) is 0.0769. The molecule has 2 aromatic heterocycles. The first-order valence-electron chi connectivity index (χ1n) is 5.69. The monoisotopic (exact) mass is 239 g/mol. The van der Waals surface area contributed by atoms with Crippen molar-refractivity contribution in [1.82, 2.24) is 20.0 Å². The van der Waals surface area contributed by atoms with Crippen LogP contribution in [-0.4, -0.2) is 20.0 Å². The topological polar surface area (TPSA) is 72.5 Å². The molecule has 0 aliphatic carbocycles. The highest BCUT2D eigenvalue weighted by atomic mass is 15.3. The highest BCUT2D eigenvalue weighted by molar-refractivity contribution is 5.33. The third-order valence-corrected chi connectivity index (χ3v) is 2.86. The number of hydrogen-bond donors (Lipinski definition) is 2. The van der Waals surface area contributed by atoms with E-state index in [0.717, 1.165) is 16.8 Å². The zero-order chi connectivity index (χ0) is 12.4. The Hall–Kier alpha value is -2.40. The van der Waals surface area contributed by atoms with Gasteiger partial charge in [0, 0.05) is 23.5 Å². The van der Waals surface area contributed by atoms with Crippen molar-refractivity contribution in [2.24, 2.45) is 5.73 Å². The molecule has 0 fully saturated rings. The van der Waals surface area contributed by atoms with Gasteiger partial charge in [0.2, 0.25) is 0 Å². The first-order chi connectivity index (χ1) is 8.84. The number of hydrogen-bond acceptors (Lipinski definition) is 3. The molecule has 3 N–H and O–H groups in total. The van der Waals surface area contributed by atoms with E-state index in [-0.39, 0.29) is 6.04 Å². The van der Waals surface area contributed by atoms with Crippen molar-refractivity contribution in [2.75, 3.05) is 0 Å².